The molecule has 0 radical (unpaired) electrons. The molecule has 0 aliphatic carbocycles. The number of ether oxygens (including phenoxy) is 1. The summed E-state index contributed by atoms with van der Waals surface area (Å²) < 4.78 is 30.0. The number of carbonyl (C=O) groups is 2. The molecule has 25 heavy (non-hydrogen) atoms. The Morgan fingerprint density at radius 2 is 1.88 bits per heavy atom. The third-order valence-electron chi connectivity index (χ3n) is 4.27. The van der Waals surface area contributed by atoms with E-state index < -0.39 is 26.7 Å². The number of sulfone groups is 1. The number of carbonyl (C=O) groups excluding carboxylic acids is 2. The van der Waals surface area contributed by atoms with Crippen molar-refractivity contribution in [3.8, 4) is 5.75 Å². The Bertz CT molecular complexity index is 724. The predicted molar refractivity (Wildman–Crippen MR) is 94.4 cm³/mol. The lowest BCUT2D eigenvalue weighted by molar-refractivity contribution is -0.118. The number of amides is 2. The summed E-state index contributed by atoms with van der Waals surface area (Å²) in [6.07, 6.45) is 0.670. The molecule has 1 N–H and O–H groups in total. The SMILES string of the molecule is CCOc1ccccc1C(=O)N1CCC(S(=O)(=O)CC(=O)NC)CC1. The van der Waals surface area contributed by atoms with Gasteiger partial charge >= 0.3 is 0 Å². The van der Waals surface area contributed by atoms with E-state index in [2.05, 4.69) is 5.32 Å². The number of benzene rings is 1. The van der Waals surface area contributed by atoms with Gasteiger partial charge < -0.3 is 15.0 Å². The van der Waals surface area contributed by atoms with Crippen molar-refractivity contribution in [1.29, 1.82) is 0 Å². The first-order chi connectivity index (χ1) is 11.9. The van der Waals surface area contributed by atoms with Crippen molar-refractivity contribution < 1.29 is 22.7 Å². The fourth-order valence-electron chi connectivity index (χ4n) is 2.89. The minimum atomic E-state index is -3.50. The van der Waals surface area contributed by atoms with E-state index in [1.165, 1.54) is 7.05 Å². The number of para-hydroxylation sites is 1. The third kappa shape index (κ3) is 4.72. The summed E-state index contributed by atoms with van der Waals surface area (Å²) in [6, 6.07) is 7.04. The molecule has 1 aromatic carbocycles. The molecular formula is C17H24N2O5S. The average molecular weight is 368 g/mol. The summed E-state index contributed by atoms with van der Waals surface area (Å²) in [5.74, 6) is -0.644. The van der Waals surface area contributed by atoms with E-state index in [0.717, 1.165) is 0 Å². The zero-order valence-electron chi connectivity index (χ0n) is 14.5. The monoisotopic (exact) mass is 368 g/mol. The van der Waals surface area contributed by atoms with Gasteiger partial charge in [0, 0.05) is 20.1 Å². The van der Waals surface area contributed by atoms with Crippen molar-refractivity contribution in [3.63, 3.8) is 0 Å². The van der Waals surface area contributed by atoms with Crippen molar-refractivity contribution in [2.75, 3.05) is 32.5 Å². The van der Waals surface area contributed by atoms with Crippen LogP contribution in [-0.4, -0.2) is 62.9 Å². The van der Waals surface area contributed by atoms with E-state index in [4.69, 9.17) is 4.74 Å². The molecule has 1 saturated heterocycles. The van der Waals surface area contributed by atoms with Crippen molar-refractivity contribution >= 4 is 21.7 Å². The highest BCUT2D eigenvalue weighted by Gasteiger charge is 2.33. The van der Waals surface area contributed by atoms with Crippen LogP contribution in [0.2, 0.25) is 0 Å². The van der Waals surface area contributed by atoms with E-state index in [0.29, 0.717) is 43.9 Å². The van der Waals surface area contributed by atoms with E-state index >= 15 is 0 Å². The van der Waals surface area contributed by atoms with Gasteiger partial charge in [0.1, 0.15) is 11.5 Å². The second-order valence-corrected chi connectivity index (χ2v) is 8.18. The third-order valence-corrected chi connectivity index (χ3v) is 6.42. The fourth-order valence-corrected chi connectivity index (χ4v) is 4.56. The second-order valence-electron chi connectivity index (χ2n) is 5.90. The maximum atomic E-state index is 12.7. The van der Waals surface area contributed by atoms with Gasteiger partial charge in [-0.2, -0.15) is 0 Å². The molecule has 0 atom stereocenters. The average Bonchev–Trinajstić information content (AvgIpc) is 2.61. The molecule has 8 heteroatoms. The molecule has 0 aromatic heterocycles. The van der Waals surface area contributed by atoms with Crippen LogP contribution in [0.25, 0.3) is 0 Å². The Morgan fingerprint density at radius 1 is 1.24 bits per heavy atom. The van der Waals surface area contributed by atoms with E-state index in [9.17, 15) is 18.0 Å². The first-order valence-corrected chi connectivity index (χ1v) is 10.0. The number of nitrogens with zero attached hydrogens (tertiary/aromatic N) is 1. The molecule has 1 aliphatic heterocycles. The molecule has 2 rings (SSSR count). The summed E-state index contributed by atoms with van der Waals surface area (Å²) in [5.41, 5.74) is 0.482. The fraction of sp³-hybridized carbons (Fsp3) is 0.529. The molecule has 7 nitrogen and oxygen atoms in total. The van der Waals surface area contributed by atoms with Gasteiger partial charge in [-0.15, -0.1) is 0 Å². The Kier molecular flexibility index (Phi) is 6.41. The first kappa shape index (κ1) is 19.2. The quantitative estimate of drug-likeness (QED) is 0.804. The van der Waals surface area contributed by atoms with Crippen LogP contribution in [0.5, 0.6) is 5.75 Å². The van der Waals surface area contributed by atoms with Crippen molar-refractivity contribution in [2.24, 2.45) is 0 Å². The molecule has 1 aromatic rings. The standard InChI is InChI=1S/C17H24N2O5S/c1-3-24-15-7-5-4-6-14(15)17(21)19-10-8-13(9-11-19)25(22,23)12-16(20)18-2/h4-7,13H,3,8-12H2,1-2H3,(H,18,20). The maximum absolute atomic E-state index is 12.7. The smallest absolute Gasteiger partial charge is 0.257 e. The van der Waals surface area contributed by atoms with Crippen LogP contribution in [0.4, 0.5) is 0 Å². The molecular weight excluding hydrogens is 344 g/mol. The zero-order valence-corrected chi connectivity index (χ0v) is 15.3. The van der Waals surface area contributed by atoms with Crippen LogP contribution in [0, 0.1) is 0 Å². The van der Waals surface area contributed by atoms with Gasteiger partial charge in [-0.3, -0.25) is 9.59 Å². The molecule has 1 aliphatic rings. The Morgan fingerprint density at radius 3 is 2.48 bits per heavy atom. The largest absolute Gasteiger partial charge is 0.493 e. The first-order valence-electron chi connectivity index (χ1n) is 8.32. The summed E-state index contributed by atoms with van der Waals surface area (Å²) in [5, 5.41) is 1.74. The second kappa shape index (κ2) is 8.33. The number of piperidine rings is 1. The van der Waals surface area contributed by atoms with Crippen LogP contribution in [0.15, 0.2) is 24.3 Å². The normalized spacial score (nSPS) is 15.7. The van der Waals surface area contributed by atoms with Crippen LogP contribution in [0.1, 0.15) is 30.1 Å². The van der Waals surface area contributed by atoms with Gasteiger partial charge in [-0.1, -0.05) is 12.1 Å². The number of rotatable bonds is 6. The summed E-state index contributed by atoms with van der Waals surface area (Å²) in [4.78, 5) is 25.7. The highest BCUT2D eigenvalue weighted by atomic mass is 32.2. The summed E-state index contributed by atoms with van der Waals surface area (Å²) in [7, 11) is -2.09. The molecule has 0 unspecified atom stereocenters. The lowest BCUT2D eigenvalue weighted by Crippen LogP contribution is -2.44. The Hall–Kier alpha value is -2.09. The van der Waals surface area contributed by atoms with Crippen LogP contribution >= 0.6 is 0 Å². The molecule has 2 amide bonds. The lowest BCUT2D eigenvalue weighted by Gasteiger charge is -2.32. The molecule has 0 bridgehead atoms. The number of nitrogens with one attached hydrogen (secondary N) is 1. The Labute approximate surface area is 148 Å². The van der Waals surface area contributed by atoms with Gasteiger partial charge in [0.15, 0.2) is 9.84 Å². The summed E-state index contributed by atoms with van der Waals surface area (Å²) in [6.45, 7) is 3.00. The van der Waals surface area contributed by atoms with E-state index in [-0.39, 0.29) is 5.91 Å². The number of hydrogen-bond acceptors (Lipinski definition) is 5. The topological polar surface area (TPSA) is 92.8 Å². The zero-order chi connectivity index (χ0) is 18.4. The minimum Gasteiger partial charge on any atom is -0.493 e. The van der Waals surface area contributed by atoms with Gasteiger partial charge in [0.05, 0.1) is 17.4 Å². The van der Waals surface area contributed by atoms with E-state index in [1.807, 2.05) is 6.92 Å². The predicted octanol–water partition coefficient (Wildman–Crippen LogP) is 0.851. The number of hydrogen-bond donors (Lipinski definition) is 1. The molecule has 1 heterocycles. The highest BCUT2D eigenvalue weighted by Crippen LogP contribution is 2.24. The van der Waals surface area contributed by atoms with Crippen LogP contribution in [-0.2, 0) is 14.6 Å². The Balaban J connectivity index is 2.03. The lowest BCUT2D eigenvalue weighted by atomic mass is 10.1. The molecule has 1 fully saturated rings. The molecule has 0 spiro atoms. The maximum Gasteiger partial charge on any atom is 0.257 e. The van der Waals surface area contributed by atoms with Crippen LogP contribution < -0.4 is 10.1 Å². The summed E-state index contributed by atoms with van der Waals surface area (Å²) >= 11 is 0. The molecule has 138 valence electrons. The van der Waals surface area contributed by atoms with Gasteiger partial charge in [0.25, 0.3) is 5.91 Å². The van der Waals surface area contributed by atoms with Crippen molar-refractivity contribution in [2.45, 2.75) is 25.0 Å². The van der Waals surface area contributed by atoms with Crippen molar-refractivity contribution in [3.05, 3.63) is 29.8 Å². The van der Waals surface area contributed by atoms with Crippen molar-refractivity contribution in [1.82, 2.24) is 10.2 Å². The van der Waals surface area contributed by atoms with Gasteiger partial charge in [0.2, 0.25) is 5.91 Å². The minimum absolute atomic E-state index is 0.161. The highest BCUT2D eigenvalue weighted by molar-refractivity contribution is 7.92. The van der Waals surface area contributed by atoms with Gasteiger partial charge in [-0.05, 0) is 31.9 Å². The number of likely N-dealkylation sites (tertiary alicyclic amines) is 1. The van der Waals surface area contributed by atoms with E-state index in [1.54, 1.807) is 29.2 Å². The van der Waals surface area contributed by atoms with Crippen LogP contribution in [0.3, 0.4) is 0 Å². The molecule has 0 saturated carbocycles. The van der Waals surface area contributed by atoms with Gasteiger partial charge in [-0.25, -0.2) is 8.42 Å².